The Morgan fingerprint density at radius 2 is 2.00 bits per heavy atom. The number of thiophene rings is 1. The van der Waals surface area contributed by atoms with E-state index in [2.05, 4.69) is 33.4 Å². The number of oxazole rings is 1. The summed E-state index contributed by atoms with van der Waals surface area (Å²) in [7, 11) is 0. The molecule has 1 N–H and O–H groups in total. The number of benzene rings is 1. The molecule has 2 aromatic heterocycles. The first-order valence-corrected chi connectivity index (χ1v) is 9.78. The van der Waals surface area contributed by atoms with E-state index >= 15 is 0 Å². The maximum absolute atomic E-state index is 9.42. The van der Waals surface area contributed by atoms with Crippen LogP contribution < -0.4 is 5.32 Å². The second-order valence-corrected chi connectivity index (χ2v) is 7.19. The number of nitrogens with one attached hydrogen (secondary N) is 1. The molecule has 3 heterocycles. The van der Waals surface area contributed by atoms with E-state index in [1.165, 1.54) is 16.9 Å². The molecule has 0 saturated carbocycles. The fourth-order valence-corrected chi connectivity index (χ4v) is 3.88. The van der Waals surface area contributed by atoms with Gasteiger partial charge in [-0.3, -0.25) is 4.90 Å². The van der Waals surface area contributed by atoms with E-state index < -0.39 is 0 Å². The van der Waals surface area contributed by atoms with Crippen molar-refractivity contribution < 1.29 is 9.15 Å². The van der Waals surface area contributed by atoms with E-state index in [1.807, 2.05) is 35.7 Å². The summed E-state index contributed by atoms with van der Waals surface area (Å²) in [5.41, 5.74) is 1.51. The lowest BCUT2D eigenvalue weighted by atomic mass is 10.0. The molecule has 1 aromatic carbocycles. The van der Waals surface area contributed by atoms with Gasteiger partial charge in [0.1, 0.15) is 6.07 Å². The van der Waals surface area contributed by atoms with Gasteiger partial charge < -0.3 is 14.5 Å². The van der Waals surface area contributed by atoms with Gasteiger partial charge in [-0.15, -0.1) is 11.3 Å². The Morgan fingerprint density at radius 1 is 1.19 bits per heavy atom. The van der Waals surface area contributed by atoms with Crippen molar-refractivity contribution in [1.29, 1.82) is 5.26 Å². The summed E-state index contributed by atoms with van der Waals surface area (Å²) in [6.07, 6.45) is 0. The van der Waals surface area contributed by atoms with Crippen molar-refractivity contribution in [1.82, 2.24) is 9.88 Å². The predicted octanol–water partition coefficient (Wildman–Crippen LogP) is 3.76. The molecule has 6 nitrogen and oxygen atoms in total. The number of rotatable bonds is 6. The highest BCUT2D eigenvalue weighted by Gasteiger charge is 2.24. The monoisotopic (exact) mass is 380 g/mol. The van der Waals surface area contributed by atoms with Gasteiger partial charge in [-0.2, -0.15) is 10.2 Å². The SMILES string of the molecule is N#Cc1nc(-c2cccs2)oc1NC[C@@H](c1ccccc1)N1CCOCC1. The maximum Gasteiger partial charge on any atom is 0.240 e. The van der Waals surface area contributed by atoms with Gasteiger partial charge in [0.25, 0.3) is 0 Å². The summed E-state index contributed by atoms with van der Waals surface area (Å²) in [6, 6.07) is 16.5. The molecule has 4 rings (SSSR count). The average molecular weight is 380 g/mol. The van der Waals surface area contributed by atoms with Gasteiger partial charge >= 0.3 is 0 Å². The fraction of sp³-hybridized carbons (Fsp3) is 0.300. The van der Waals surface area contributed by atoms with Crippen LogP contribution >= 0.6 is 11.3 Å². The van der Waals surface area contributed by atoms with Gasteiger partial charge in [0.15, 0.2) is 0 Å². The Morgan fingerprint density at radius 3 is 2.70 bits per heavy atom. The summed E-state index contributed by atoms with van der Waals surface area (Å²) >= 11 is 1.54. The van der Waals surface area contributed by atoms with Crippen LogP contribution in [0, 0.1) is 11.3 Å². The van der Waals surface area contributed by atoms with E-state index in [0.29, 0.717) is 18.3 Å². The topological polar surface area (TPSA) is 74.3 Å². The van der Waals surface area contributed by atoms with E-state index in [9.17, 15) is 5.26 Å². The van der Waals surface area contributed by atoms with Crippen LogP contribution in [-0.4, -0.2) is 42.7 Å². The van der Waals surface area contributed by atoms with Gasteiger partial charge in [-0.05, 0) is 17.0 Å². The standard InChI is InChI=1S/C20H20N4O2S/c21-13-16-19(26-20(23-16)18-7-4-12-27-18)22-14-17(15-5-2-1-3-6-15)24-8-10-25-11-9-24/h1-7,12,17,22H,8-11,14H2/t17-/m0/s1. The van der Waals surface area contributed by atoms with Gasteiger partial charge in [0.2, 0.25) is 17.5 Å². The Hall–Kier alpha value is -2.66. The molecule has 3 aromatic rings. The number of aromatic nitrogens is 1. The molecule has 1 saturated heterocycles. The lowest BCUT2D eigenvalue weighted by Crippen LogP contribution is -2.41. The summed E-state index contributed by atoms with van der Waals surface area (Å²) in [4.78, 5) is 7.63. The lowest BCUT2D eigenvalue weighted by Gasteiger charge is -2.34. The number of nitrogens with zero attached hydrogens (tertiary/aromatic N) is 3. The number of nitriles is 1. The first kappa shape index (κ1) is 17.7. The van der Waals surface area contributed by atoms with E-state index in [-0.39, 0.29) is 11.7 Å². The second kappa shape index (κ2) is 8.35. The van der Waals surface area contributed by atoms with Crippen LogP contribution in [0.5, 0.6) is 0 Å². The van der Waals surface area contributed by atoms with Crippen molar-refractivity contribution in [2.24, 2.45) is 0 Å². The minimum Gasteiger partial charge on any atom is -0.418 e. The molecule has 0 spiro atoms. The third-order valence-electron chi connectivity index (χ3n) is 4.59. The van der Waals surface area contributed by atoms with Crippen molar-refractivity contribution in [2.75, 3.05) is 38.2 Å². The first-order valence-electron chi connectivity index (χ1n) is 8.90. The van der Waals surface area contributed by atoms with Crippen molar-refractivity contribution in [3.63, 3.8) is 0 Å². The molecular formula is C20H20N4O2S. The van der Waals surface area contributed by atoms with E-state index in [0.717, 1.165) is 31.2 Å². The van der Waals surface area contributed by atoms with Crippen LogP contribution in [0.15, 0.2) is 52.3 Å². The molecule has 1 aliphatic rings. The fourth-order valence-electron chi connectivity index (χ4n) is 3.23. The van der Waals surface area contributed by atoms with Crippen LogP contribution in [0.25, 0.3) is 10.8 Å². The molecule has 0 aliphatic carbocycles. The predicted molar refractivity (Wildman–Crippen MR) is 105 cm³/mol. The smallest absolute Gasteiger partial charge is 0.240 e. The van der Waals surface area contributed by atoms with Crippen LogP contribution in [0.2, 0.25) is 0 Å². The van der Waals surface area contributed by atoms with Crippen LogP contribution in [0.1, 0.15) is 17.3 Å². The van der Waals surface area contributed by atoms with Crippen molar-refractivity contribution in [3.05, 3.63) is 59.1 Å². The van der Waals surface area contributed by atoms with Gasteiger partial charge in [0, 0.05) is 19.6 Å². The average Bonchev–Trinajstić information content (AvgIpc) is 3.39. The number of morpholine rings is 1. The molecule has 0 amide bonds. The Labute approximate surface area is 162 Å². The summed E-state index contributed by atoms with van der Waals surface area (Å²) in [5, 5.41) is 14.7. The molecule has 0 radical (unpaired) electrons. The lowest BCUT2D eigenvalue weighted by molar-refractivity contribution is 0.0186. The Kier molecular flexibility index (Phi) is 5.49. The van der Waals surface area contributed by atoms with E-state index in [1.54, 1.807) is 0 Å². The molecule has 138 valence electrons. The van der Waals surface area contributed by atoms with E-state index in [4.69, 9.17) is 9.15 Å². The normalized spacial score (nSPS) is 16.0. The van der Waals surface area contributed by atoms with Crippen LogP contribution in [0.4, 0.5) is 5.88 Å². The van der Waals surface area contributed by atoms with Crippen LogP contribution in [-0.2, 0) is 4.74 Å². The first-order chi connectivity index (χ1) is 13.3. The molecule has 1 atom stereocenters. The molecular weight excluding hydrogens is 360 g/mol. The number of hydrogen-bond donors (Lipinski definition) is 1. The van der Waals surface area contributed by atoms with Gasteiger partial charge in [-0.1, -0.05) is 36.4 Å². The minimum atomic E-state index is 0.164. The number of anilines is 1. The van der Waals surface area contributed by atoms with Crippen LogP contribution in [0.3, 0.4) is 0 Å². The zero-order valence-corrected chi connectivity index (χ0v) is 15.6. The maximum atomic E-state index is 9.42. The molecule has 0 bridgehead atoms. The molecule has 27 heavy (non-hydrogen) atoms. The molecule has 1 aliphatic heterocycles. The summed E-state index contributed by atoms with van der Waals surface area (Å²) < 4.78 is 11.3. The molecule has 7 heteroatoms. The third-order valence-corrected chi connectivity index (χ3v) is 5.45. The Bertz CT molecular complexity index is 896. The van der Waals surface area contributed by atoms with Crippen molar-refractivity contribution in [2.45, 2.75) is 6.04 Å². The minimum absolute atomic E-state index is 0.164. The zero-order chi connectivity index (χ0) is 18.5. The van der Waals surface area contributed by atoms with Gasteiger partial charge in [-0.25, -0.2) is 0 Å². The number of ether oxygens (including phenoxy) is 1. The quantitative estimate of drug-likeness (QED) is 0.702. The largest absolute Gasteiger partial charge is 0.418 e. The third kappa shape index (κ3) is 4.03. The van der Waals surface area contributed by atoms with Gasteiger partial charge in [0.05, 0.1) is 24.1 Å². The summed E-state index contributed by atoms with van der Waals surface area (Å²) in [5.74, 6) is 0.904. The second-order valence-electron chi connectivity index (χ2n) is 6.24. The number of hydrogen-bond acceptors (Lipinski definition) is 7. The zero-order valence-electron chi connectivity index (χ0n) is 14.8. The highest BCUT2D eigenvalue weighted by atomic mass is 32.1. The highest BCUT2D eigenvalue weighted by molar-refractivity contribution is 7.13. The highest BCUT2D eigenvalue weighted by Crippen LogP contribution is 2.29. The Balaban J connectivity index is 1.55. The molecule has 0 unspecified atom stereocenters. The van der Waals surface area contributed by atoms with Crippen molar-refractivity contribution in [3.8, 4) is 16.8 Å². The van der Waals surface area contributed by atoms with Crippen molar-refractivity contribution >= 4 is 17.2 Å². The summed E-state index contributed by atoms with van der Waals surface area (Å²) in [6.45, 7) is 3.85. The molecule has 1 fully saturated rings.